The highest BCUT2D eigenvalue weighted by molar-refractivity contribution is 6.04. The summed E-state index contributed by atoms with van der Waals surface area (Å²) >= 11 is 0. The first-order chi connectivity index (χ1) is 14.6. The second-order valence-electron chi connectivity index (χ2n) is 6.85. The van der Waals surface area contributed by atoms with Gasteiger partial charge in [0.1, 0.15) is 0 Å². The van der Waals surface area contributed by atoms with Crippen LogP contribution in [0.3, 0.4) is 0 Å². The third-order valence-corrected chi connectivity index (χ3v) is 4.58. The standard InChI is InChI=1S/C24H18N4O2/c1-16-3-2-4-20(15-16)24-28-27-23(30-24)19-9-7-18(8-10-19)22(29)26-21-11-5-17(6-12-21)13-14-25/h2-12,15H,13H2,1H3,(H,26,29). The van der Waals surface area contributed by atoms with Crippen molar-refractivity contribution in [1.82, 2.24) is 10.2 Å². The summed E-state index contributed by atoms with van der Waals surface area (Å²) in [4.78, 5) is 12.5. The van der Waals surface area contributed by atoms with Crippen LogP contribution in [0.1, 0.15) is 21.5 Å². The molecule has 0 saturated carbocycles. The van der Waals surface area contributed by atoms with E-state index in [-0.39, 0.29) is 5.91 Å². The van der Waals surface area contributed by atoms with E-state index in [4.69, 9.17) is 9.68 Å². The van der Waals surface area contributed by atoms with Gasteiger partial charge in [0.05, 0.1) is 12.5 Å². The Hall–Kier alpha value is -4.24. The van der Waals surface area contributed by atoms with Crippen LogP contribution in [0, 0.1) is 18.3 Å². The van der Waals surface area contributed by atoms with Crippen molar-refractivity contribution in [3.8, 4) is 29.0 Å². The summed E-state index contributed by atoms with van der Waals surface area (Å²) in [5.41, 5.74) is 4.81. The number of aromatic nitrogens is 2. The minimum absolute atomic E-state index is 0.222. The molecule has 6 nitrogen and oxygen atoms in total. The summed E-state index contributed by atoms with van der Waals surface area (Å²) in [5.74, 6) is 0.627. The Bertz CT molecular complexity index is 1220. The molecular weight excluding hydrogens is 376 g/mol. The zero-order valence-corrected chi connectivity index (χ0v) is 16.3. The molecule has 30 heavy (non-hydrogen) atoms. The average molecular weight is 394 g/mol. The molecule has 6 heteroatoms. The second kappa shape index (κ2) is 8.41. The summed E-state index contributed by atoms with van der Waals surface area (Å²) in [6, 6.07) is 24.1. The first-order valence-corrected chi connectivity index (χ1v) is 9.40. The fraction of sp³-hybridized carbons (Fsp3) is 0.0833. The number of benzene rings is 3. The summed E-state index contributed by atoms with van der Waals surface area (Å²) in [7, 11) is 0. The van der Waals surface area contributed by atoms with Gasteiger partial charge in [0.2, 0.25) is 11.8 Å². The number of nitrogens with one attached hydrogen (secondary N) is 1. The van der Waals surface area contributed by atoms with Gasteiger partial charge < -0.3 is 9.73 Å². The van der Waals surface area contributed by atoms with Gasteiger partial charge in [-0.15, -0.1) is 10.2 Å². The third kappa shape index (κ3) is 4.26. The van der Waals surface area contributed by atoms with E-state index in [9.17, 15) is 4.79 Å². The molecule has 1 aromatic heterocycles. The van der Waals surface area contributed by atoms with E-state index in [1.54, 1.807) is 36.4 Å². The van der Waals surface area contributed by atoms with Gasteiger partial charge in [0, 0.05) is 22.4 Å². The predicted molar refractivity (Wildman–Crippen MR) is 114 cm³/mol. The Morgan fingerprint density at radius 1 is 0.967 bits per heavy atom. The van der Waals surface area contributed by atoms with E-state index in [0.717, 1.165) is 22.3 Å². The summed E-state index contributed by atoms with van der Waals surface area (Å²) < 4.78 is 5.79. The molecule has 4 aromatic rings. The lowest BCUT2D eigenvalue weighted by molar-refractivity contribution is 0.102. The van der Waals surface area contributed by atoms with Gasteiger partial charge in [-0.2, -0.15) is 5.26 Å². The molecule has 146 valence electrons. The minimum atomic E-state index is -0.222. The van der Waals surface area contributed by atoms with Crippen LogP contribution in [0.2, 0.25) is 0 Å². The van der Waals surface area contributed by atoms with E-state index in [0.29, 0.717) is 29.5 Å². The molecule has 1 N–H and O–H groups in total. The van der Waals surface area contributed by atoms with E-state index < -0.39 is 0 Å². The van der Waals surface area contributed by atoms with Crippen LogP contribution in [0.15, 0.2) is 77.2 Å². The summed E-state index contributed by atoms with van der Waals surface area (Å²) in [6.45, 7) is 2.01. The maximum Gasteiger partial charge on any atom is 0.255 e. The van der Waals surface area contributed by atoms with Crippen molar-refractivity contribution in [3.63, 3.8) is 0 Å². The van der Waals surface area contributed by atoms with Crippen molar-refractivity contribution in [2.24, 2.45) is 0 Å². The summed E-state index contributed by atoms with van der Waals surface area (Å²) in [6.07, 6.45) is 0.344. The van der Waals surface area contributed by atoms with Crippen LogP contribution in [-0.2, 0) is 6.42 Å². The molecule has 0 aliphatic carbocycles. The molecule has 0 saturated heterocycles. The lowest BCUT2D eigenvalue weighted by Crippen LogP contribution is -2.11. The maximum atomic E-state index is 12.5. The van der Waals surface area contributed by atoms with Crippen LogP contribution in [-0.4, -0.2) is 16.1 Å². The molecule has 4 rings (SSSR count). The van der Waals surface area contributed by atoms with Gasteiger partial charge in [-0.3, -0.25) is 4.79 Å². The van der Waals surface area contributed by atoms with E-state index in [1.165, 1.54) is 0 Å². The van der Waals surface area contributed by atoms with E-state index >= 15 is 0 Å². The third-order valence-electron chi connectivity index (χ3n) is 4.58. The molecular formula is C24H18N4O2. The Balaban J connectivity index is 1.46. The zero-order valence-electron chi connectivity index (χ0n) is 16.3. The molecule has 0 atom stereocenters. The molecule has 0 radical (unpaired) electrons. The number of aryl methyl sites for hydroxylation is 1. The highest BCUT2D eigenvalue weighted by atomic mass is 16.4. The lowest BCUT2D eigenvalue weighted by Gasteiger charge is -2.06. The molecule has 0 fully saturated rings. The Morgan fingerprint density at radius 3 is 2.33 bits per heavy atom. The number of anilines is 1. The average Bonchev–Trinajstić information content (AvgIpc) is 3.26. The first-order valence-electron chi connectivity index (χ1n) is 9.40. The number of nitriles is 1. The molecule has 0 bridgehead atoms. The topological polar surface area (TPSA) is 91.8 Å². The number of nitrogens with zero attached hydrogens (tertiary/aromatic N) is 3. The largest absolute Gasteiger partial charge is 0.416 e. The van der Waals surface area contributed by atoms with Crippen LogP contribution in [0.4, 0.5) is 5.69 Å². The number of rotatable bonds is 5. The highest BCUT2D eigenvalue weighted by Crippen LogP contribution is 2.25. The molecule has 0 spiro atoms. The van der Waals surface area contributed by atoms with E-state index in [2.05, 4.69) is 21.6 Å². The normalized spacial score (nSPS) is 10.4. The molecule has 0 aliphatic heterocycles. The quantitative estimate of drug-likeness (QED) is 0.512. The minimum Gasteiger partial charge on any atom is -0.416 e. The van der Waals surface area contributed by atoms with Crippen LogP contribution >= 0.6 is 0 Å². The number of carbonyl (C=O) groups excluding carboxylic acids is 1. The van der Waals surface area contributed by atoms with Crippen LogP contribution in [0.25, 0.3) is 22.9 Å². The van der Waals surface area contributed by atoms with Gasteiger partial charge in [-0.1, -0.05) is 29.8 Å². The molecule has 0 aliphatic rings. The van der Waals surface area contributed by atoms with Crippen LogP contribution in [0.5, 0.6) is 0 Å². The fourth-order valence-corrected chi connectivity index (χ4v) is 3.00. The van der Waals surface area contributed by atoms with Crippen molar-refractivity contribution in [2.45, 2.75) is 13.3 Å². The van der Waals surface area contributed by atoms with Gasteiger partial charge in [0.15, 0.2) is 0 Å². The highest BCUT2D eigenvalue weighted by Gasteiger charge is 2.12. The number of amides is 1. The Kier molecular flexibility index (Phi) is 5.35. The zero-order chi connectivity index (χ0) is 20.9. The Labute approximate surface area is 173 Å². The van der Waals surface area contributed by atoms with Gasteiger partial charge >= 0.3 is 0 Å². The van der Waals surface area contributed by atoms with Crippen LogP contribution < -0.4 is 5.32 Å². The van der Waals surface area contributed by atoms with Gasteiger partial charge in [0.25, 0.3) is 5.91 Å². The lowest BCUT2D eigenvalue weighted by atomic mass is 10.1. The maximum absolute atomic E-state index is 12.5. The van der Waals surface area contributed by atoms with Crippen molar-refractivity contribution < 1.29 is 9.21 Å². The van der Waals surface area contributed by atoms with Crippen molar-refractivity contribution in [1.29, 1.82) is 5.26 Å². The van der Waals surface area contributed by atoms with Crippen molar-refractivity contribution in [2.75, 3.05) is 5.32 Å². The monoisotopic (exact) mass is 394 g/mol. The first kappa shape index (κ1) is 19.1. The molecule has 0 unspecified atom stereocenters. The summed E-state index contributed by atoms with van der Waals surface area (Å²) in [5, 5.41) is 19.8. The number of carbonyl (C=O) groups is 1. The Morgan fingerprint density at radius 2 is 1.67 bits per heavy atom. The van der Waals surface area contributed by atoms with E-state index in [1.807, 2.05) is 43.3 Å². The smallest absolute Gasteiger partial charge is 0.255 e. The van der Waals surface area contributed by atoms with Gasteiger partial charge in [-0.25, -0.2) is 0 Å². The van der Waals surface area contributed by atoms with Crippen molar-refractivity contribution >= 4 is 11.6 Å². The predicted octanol–water partition coefficient (Wildman–Crippen LogP) is 5.03. The van der Waals surface area contributed by atoms with Crippen molar-refractivity contribution in [3.05, 3.63) is 89.5 Å². The molecule has 1 amide bonds. The number of hydrogen-bond acceptors (Lipinski definition) is 5. The fourth-order valence-electron chi connectivity index (χ4n) is 3.00. The molecule has 3 aromatic carbocycles. The molecule has 1 heterocycles. The van der Waals surface area contributed by atoms with Gasteiger partial charge in [-0.05, 0) is 61.0 Å². The SMILES string of the molecule is Cc1cccc(-c2nnc(-c3ccc(C(=O)Nc4ccc(CC#N)cc4)cc3)o2)c1. The number of hydrogen-bond donors (Lipinski definition) is 1. The second-order valence-corrected chi connectivity index (χ2v) is 6.85.